The van der Waals surface area contributed by atoms with Crippen molar-refractivity contribution in [2.75, 3.05) is 5.73 Å². The zero-order chi connectivity index (χ0) is 13.6. The third-order valence-corrected chi connectivity index (χ3v) is 3.34. The number of benzene rings is 1. The molecule has 3 nitrogen and oxygen atoms in total. The molecule has 19 heavy (non-hydrogen) atoms. The Morgan fingerprint density at radius 1 is 1.16 bits per heavy atom. The molecule has 0 spiro atoms. The van der Waals surface area contributed by atoms with Gasteiger partial charge in [0.25, 0.3) is 0 Å². The zero-order valence-corrected chi connectivity index (χ0v) is 11.6. The zero-order valence-electron chi connectivity index (χ0n) is 11.6. The standard InChI is InChI=1S/C16H19N3/c1-16(2,3)10-13-14(17)18-15-12-7-5-4-6-11(12)8-9-19(13)15/h4-9H,10,17H2,1-3H3. The van der Waals surface area contributed by atoms with Crippen molar-refractivity contribution in [1.82, 2.24) is 9.38 Å². The van der Waals surface area contributed by atoms with E-state index in [2.05, 4.69) is 54.6 Å². The Morgan fingerprint density at radius 3 is 2.63 bits per heavy atom. The van der Waals surface area contributed by atoms with Crippen molar-refractivity contribution in [2.24, 2.45) is 5.41 Å². The fraction of sp³-hybridized carbons (Fsp3) is 0.312. The van der Waals surface area contributed by atoms with Crippen LogP contribution < -0.4 is 5.73 Å². The van der Waals surface area contributed by atoms with Crippen LogP contribution in [0.1, 0.15) is 26.5 Å². The van der Waals surface area contributed by atoms with Gasteiger partial charge in [0.15, 0.2) is 0 Å². The van der Waals surface area contributed by atoms with Crippen molar-refractivity contribution in [1.29, 1.82) is 0 Å². The van der Waals surface area contributed by atoms with Crippen LogP contribution in [0.15, 0.2) is 36.5 Å². The van der Waals surface area contributed by atoms with Crippen molar-refractivity contribution in [3.05, 3.63) is 42.2 Å². The van der Waals surface area contributed by atoms with Crippen LogP contribution in [0.5, 0.6) is 0 Å². The molecular weight excluding hydrogens is 234 g/mol. The molecular formula is C16H19N3. The fourth-order valence-corrected chi connectivity index (χ4v) is 2.51. The Hall–Kier alpha value is -2.03. The summed E-state index contributed by atoms with van der Waals surface area (Å²) in [5.74, 6) is 0.645. The third-order valence-electron chi connectivity index (χ3n) is 3.34. The lowest BCUT2D eigenvalue weighted by atomic mass is 9.90. The molecule has 0 aliphatic heterocycles. The number of aromatic nitrogens is 2. The second kappa shape index (κ2) is 3.98. The monoisotopic (exact) mass is 253 g/mol. The maximum absolute atomic E-state index is 6.12. The Balaban J connectivity index is 2.30. The Morgan fingerprint density at radius 2 is 1.89 bits per heavy atom. The molecule has 0 aliphatic rings. The normalized spacial score (nSPS) is 12.4. The number of nitrogens with two attached hydrogens (primary N) is 1. The van der Waals surface area contributed by atoms with Crippen molar-refractivity contribution >= 4 is 22.2 Å². The van der Waals surface area contributed by atoms with Crippen LogP contribution in [-0.4, -0.2) is 9.38 Å². The van der Waals surface area contributed by atoms with Crippen molar-refractivity contribution in [3.8, 4) is 0 Å². The van der Waals surface area contributed by atoms with E-state index < -0.39 is 0 Å². The molecule has 0 radical (unpaired) electrons. The minimum Gasteiger partial charge on any atom is -0.382 e. The van der Waals surface area contributed by atoms with Gasteiger partial charge in [0.1, 0.15) is 11.5 Å². The summed E-state index contributed by atoms with van der Waals surface area (Å²) in [6, 6.07) is 10.4. The summed E-state index contributed by atoms with van der Waals surface area (Å²) in [6.45, 7) is 6.65. The maximum atomic E-state index is 6.12. The molecule has 1 aromatic carbocycles. The minimum absolute atomic E-state index is 0.190. The van der Waals surface area contributed by atoms with E-state index in [1.807, 2.05) is 12.1 Å². The van der Waals surface area contributed by atoms with Gasteiger partial charge in [0.2, 0.25) is 0 Å². The maximum Gasteiger partial charge on any atom is 0.147 e. The molecule has 2 N–H and O–H groups in total. The fourth-order valence-electron chi connectivity index (χ4n) is 2.51. The molecule has 0 saturated heterocycles. The Labute approximate surface area is 113 Å². The number of hydrogen-bond acceptors (Lipinski definition) is 2. The van der Waals surface area contributed by atoms with E-state index in [1.54, 1.807) is 0 Å². The average Bonchev–Trinajstić information content (AvgIpc) is 2.65. The number of imidazole rings is 1. The lowest BCUT2D eigenvalue weighted by Crippen LogP contribution is -2.12. The summed E-state index contributed by atoms with van der Waals surface area (Å²) < 4.78 is 2.13. The smallest absolute Gasteiger partial charge is 0.147 e. The number of nitrogen functional groups attached to an aromatic ring is 1. The molecule has 98 valence electrons. The number of rotatable bonds is 1. The van der Waals surface area contributed by atoms with E-state index in [4.69, 9.17) is 5.73 Å². The highest BCUT2D eigenvalue weighted by Gasteiger charge is 2.18. The number of fused-ring (bicyclic) bond motifs is 3. The van der Waals surface area contributed by atoms with Gasteiger partial charge in [-0.05, 0) is 23.3 Å². The quantitative estimate of drug-likeness (QED) is 0.719. The van der Waals surface area contributed by atoms with Crippen LogP contribution in [0.4, 0.5) is 5.82 Å². The van der Waals surface area contributed by atoms with E-state index in [9.17, 15) is 0 Å². The summed E-state index contributed by atoms with van der Waals surface area (Å²) in [6.07, 6.45) is 2.99. The molecule has 0 saturated carbocycles. The molecule has 0 unspecified atom stereocenters. The van der Waals surface area contributed by atoms with Gasteiger partial charge in [-0.2, -0.15) is 0 Å². The molecule has 0 bridgehead atoms. The lowest BCUT2D eigenvalue weighted by Gasteiger charge is -2.18. The number of nitrogens with zero attached hydrogens (tertiary/aromatic N) is 2. The van der Waals surface area contributed by atoms with E-state index in [-0.39, 0.29) is 5.41 Å². The highest BCUT2D eigenvalue weighted by Crippen LogP contribution is 2.28. The van der Waals surface area contributed by atoms with E-state index >= 15 is 0 Å². The first kappa shape index (κ1) is 12.0. The minimum atomic E-state index is 0.190. The van der Waals surface area contributed by atoms with E-state index in [0.717, 1.165) is 23.1 Å². The first-order valence-corrected chi connectivity index (χ1v) is 6.60. The summed E-state index contributed by atoms with van der Waals surface area (Å²) in [5, 5.41) is 2.35. The van der Waals surface area contributed by atoms with Crippen molar-refractivity contribution in [2.45, 2.75) is 27.2 Å². The number of hydrogen-bond donors (Lipinski definition) is 1. The van der Waals surface area contributed by atoms with Gasteiger partial charge in [0.05, 0.1) is 5.69 Å². The average molecular weight is 253 g/mol. The van der Waals surface area contributed by atoms with E-state index in [1.165, 1.54) is 5.39 Å². The van der Waals surface area contributed by atoms with E-state index in [0.29, 0.717) is 5.82 Å². The van der Waals surface area contributed by atoms with Crippen molar-refractivity contribution < 1.29 is 0 Å². The van der Waals surface area contributed by atoms with Crippen LogP contribution in [0, 0.1) is 5.41 Å². The largest absolute Gasteiger partial charge is 0.382 e. The third kappa shape index (κ3) is 2.05. The van der Waals surface area contributed by atoms with Crippen LogP contribution in [0.2, 0.25) is 0 Å². The number of pyridine rings is 1. The van der Waals surface area contributed by atoms with Gasteiger partial charge in [-0.15, -0.1) is 0 Å². The molecule has 3 rings (SSSR count). The van der Waals surface area contributed by atoms with Crippen LogP contribution >= 0.6 is 0 Å². The van der Waals surface area contributed by atoms with Gasteiger partial charge in [-0.1, -0.05) is 45.0 Å². The Bertz CT molecular complexity index is 748. The first-order chi connectivity index (χ1) is 8.96. The topological polar surface area (TPSA) is 43.3 Å². The Kier molecular flexibility index (Phi) is 2.52. The molecule has 0 aliphatic carbocycles. The molecule has 2 aromatic heterocycles. The molecule has 3 aromatic rings. The lowest BCUT2D eigenvalue weighted by molar-refractivity contribution is 0.406. The van der Waals surface area contributed by atoms with Crippen molar-refractivity contribution in [3.63, 3.8) is 0 Å². The second-order valence-electron chi connectivity index (χ2n) is 6.28. The van der Waals surface area contributed by atoms with Gasteiger partial charge < -0.3 is 10.1 Å². The number of anilines is 1. The van der Waals surface area contributed by atoms with Crippen LogP contribution in [0.3, 0.4) is 0 Å². The van der Waals surface area contributed by atoms with Gasteiger partial charge in [-0.25, -0.2) is 4.98 Å². The molecule has 2 heterocycles. The van der Waals surface area contributed by atoms with Crippen LogP contribution in [0.25, 0.3) is 16.4 Å². The first-order valence-electron chi connectivity index (χ1n) is 6.60. The van der Waals surface area contributed by atoms with Crippen LogP contribution in [-0.2, 0) is 6.42 Å². The second-order valence-corrected chi connectivity index (χ2v) is 6.28. The summed E-state index contributed by atoms with van der Waals surface area (Å²) in [7, 11) is 0. The van der Waals surface area contributed by atoms with Gasteiger partial charge in [-0.3, -0.25) is 0 Å². The van der Waals surface area contributed by atoms with Gasteiger partial charge >= 0.3 is 0 Å². The highest BCUT2D eigenvalue weighted by molar-refractivity contribution is 5.94. The predicted octanol–water partition coefficient (Wildman–Crippen LogP) is 3.66. The van der Waals surface area contributed by atoms with Gasteiger partial charge in [0, 0.05) is 11.6 Å². The summed E-state index contributed by atoms with van der Waals surface area (Å²) in [5.41, 5.74) is 8.37. The molecule has 0 amide bonds. The highest BCUT2D eigenvalue weighted by atomic mass is 15.1. The molecule has 0 atom stereocenters. The molecule has 0 fully saturated rings. The SMILES string of the molecule is CC(C)(C)Cc1c(N)nc2c3ccccc3ccn12. The summed E-state index contributed by atoms with van der Waals surface area (Å²) in [4.78, 5) is 4.57. The predicted molar refractivity (Wildman–Crippen MR) is 80.3 cm³/mol. The molecule has 3 heteroatoms. The summed E-state index contributed by atoms with van der Waals surface area (Å²) >= 11 is 0.